The van der Waals surface area contributed by atoms with Crippen LogP contribution >= 0.6 is 0 Å². The molecule has 1 fully saturated rings. The molecule has 2 unspecified atom stereocenters. The second kappa shape index (κ2) is 5.39. The van der Waals surface area contributed by atoms with E-state index in [1.165, 1.54) is 22.7 Å². The Bertz CT molecular complexity index is 1230. The highest BCUT2D eigenvalue weighted by molar-refractivity contribution is 6.08. The van der Waals surface area contributed by atoms with Crippen LogP contribution < -0.4 is 10.7 Å². The van der Waals surface area contributed by atoms with Gasteiger partial charge in [-0.2, -0.15) is 0 Å². The summed E-state index contributed by atoms with van der Waals surface area (Å²) in [6.45, 7) is 0. The summed E-state index contributed by atoms with van der Waals surface area (Å²) in [4.78, 5) is 15.3. The van der Waals surface area contributed by atoms with E-state index >= 15 is 0 Å². The number of hydrogen-bond donors (Lipinski definition) is 4. The van der Waals surface area contributed by atoms with E-state index in [1.54, 1.807) is 6.07 Å². The molecule has 3 aromatic rings. The highest BCUT2D eigenvalue weighted by Crippen LogP contribution is 2.39. The monoisotopic (exact) mass is 356 g/mol. The first-order valence-corrected chi connectivity index (χ1v) is 9.47. The van der Waals surface area contributed by atoms with Gasteiger partial charge in [-0.15, -0.1) is 0 Å². The summed E-state index contributed by atoms with van der Waals surface area (Å²) in [5.74, 6) is 0.614. The fourth-order valence-corrected chi connectivity index (χ4v) is 4.56. The van der Waals surface area contributed by atoms with Crippen molar-refractivity contribution in [3.63, 3.8) is 0 Å². The Morgan fingerprint density at radius 1 is 1.00 bits per heavy atom. The zero-order chi connectivity index (χ0) is 18.0. The summed E-state index contributed by atoms with van der Waals surface area (Å²) in [6.07, 6.45) is 9.30. The summed E-state index contributed by atoms with van der Waals surface area (Å²) < 4.78 is 0. The van der Waals surface area contributed by atoms with Crippen molar-refractivity contribution in [2.45, 2.75) is 31.2 Å². The molecule has 0 radical (unpaired) electrons. The summed E-state index contributed by atoms with van der Waals surface area (Å²) in [6, 6.07) is 10.3. The maximum absolute atomic E-state index is 10.3. The normalized spacial score (nSPS) is 22.8. The minimum atomic E-state index is 0.0307. The van der Waals surface area contributed by atoms with Crippen LogP contribution in [-0.4, -0.2) is 31.8 Å². The molecule has 3 aliphatic rings. The molecule has 2 atom stereocenters. The van der Waals surface area contributed by atoms with Crippen molar-refractivity contribution in [1.82, 2.24) is 15.0 Å². The predicted molar refractivity (Wildman–Crippen MR) is 105 cm³/mol. The largest absolute Gasteiger partial charge is 0.506 e. The quantitative estimate of drug-likeness (QED) is 0.490. The highest BCUT2D eigenvalue weighted by Gasteiger charge is 2.33. The summed E-state index contributed by atoms with van der Waals surface area (Å²) in [7, 11) is 0. The van der Waals surface area contributed by atoms with Crippen molar-refractivity contribution in [2.24, 2.45) is 4.99 Å². The molecule has 0 aromatic carbocycles. The molecule has 0 saturated heterocycles. The standard InChI is InChI=1S/C22H20N4O/c27-21-11-17-9-16-7-12-1-5-18(22(12)26-16)19-6-4-14(24-19)8-13-2-3-15(23-13)10-20(21)25-17/h2-4,6-7,9-11,16,18,23-25,27H,1,5,8H2. The van der Waals surface area contributed by atoms with Crippen molar-refractivity contribution in [3.8, 4) is 5.75 Å². The molecule has 3 aromatic heterocycles. The molecule has 1 aliphatic carbocycles. The molecular weight excluding hydrogens is 336 g/mol. The molecule has 134 valence electrons. The van der Waals surface area contributed by atoms with E-state index in [9.17, 15) is 5.11 Å². The first-order valence-electron chi connectivity index (χ1n) is 9.47. The lowest BCUT2D eigenvalue weighted by Crippen LogP contribution is -2.12. The minimum absolute atomic E-state index is 0.0307. The maximum atomic E-state index is 10.3. The molecule has 8 bridgehead atoms. The van der Waals surface area contributed by atoms with Gasteiger partial charge in [-0.25, -0.2) is 0 Å². The molecule has 5 nitrogen and oxygen atoms in total. The van der Waals surface area contributed by atoms with E-state index in [0.717, 1.165) is 36.0 Å². The average Bonchev–Trinajstić information content (AvgIpc) is 3.40. The molecule has 6 rings (SSSR count). The Labute approximate surface area is 155 Å². The Hall–Kier alpha value is -3.21. The van der Waals surface area contributed by atoms with Crippen LogP contribution in [-0.2, 0) is 6.42 Å². The van der Waals surface area contributed by atoms with Gasteiger partial charge in [-0.05, 0) is 54.8 Å². The van der Waals surface area contributed by atoms with Crippen molar-refractivity contribution in [2.75, 3.05) is 0 Å². The molecule has 5 heteroatoms. The Balaban J connectivity index is 1.55. The first-order chi connectivity index (χ1) is 13.2. The van der Waals surface area contributed by atoms with Crippen LogP contribution in [0.2, 0.25) is 0 Å². The smallest absolute Gasteiger partial charge is 0.141 e. The molecule has 4 N–H and O–H groups in total. The van der Waals surface area contributed by atoms with Gasteiger partial charge in [0.1, 0.15) is 5.75 Å². The third kappa shape index (κ3) is 2.42. The van der Waals surface area contributed by atoms with E-state index in [1.807, 2.05) is 12.1 Å². The van der Waals surface area contributed by atoms with Gasteiger partial charge < -0.3 is 20.1 Å². The molecule has 0 amide bonds. The zero-order valence-corrected chi connectivity index (χ0v) is 14.8. The van der Waals surface area contributed by atoms with Crippen LogP contribution in [0.5, 0.6) is 5.75 Å². The van der Waals surface area contributed by atoms with E-state index in [4.69, 9.17) is 4.99 Å². The van der Waals surface area contributed by atoms with Crippen LogP contribution in [0.3, 0.4) is 0 Å². The first kappa shape index (κ1) is 14.9. The SMILES string of the molecule is Oc1cc2[nH]c1=Cc1ccc([nH]1)Cc1ccc([nH]1)C1CCC3=CC(C=2)N=C31. The number of aromatic hydroxyl groups is 1. The predicted octanol–water partition coefficient (Wildman–Crippen LogP) is 2.22. The number of fused-ring (bicyclic) bond motifs is 8. The van der Waals surface area contributed by atoms with Crippen molar-refractivity contribution < 1.29 is 5.11 Å². The van der Waals surface area contributed by atoms with Gasteiger partial charge >= 0.3 is 0 Å². The number of hydrogen-bond acceptors (Lipinski definition) is 2. The number of aromatic nitrogens is 3. The van der Waals surface area contributed by atoms with Crippen LogP contribution in [0.25, 0.3) is 12.2 Å². The van der Waals surface area contributed by atoms with Gasteiger partial charge in [-0.3, -0.25) is 4.99 Å². The second-order valence-corrected chi connectivity index (χ2v) is 7.68. The van der Waals surface area contributed by atoms with Crippen LogP contribution in [0.4, 0.5) is 0 Å². The van der Waals surface area contributed by atoms with Crippen LogP contribution in [0.15, 0.2) is 47.0 Å². The fourth-order valence-electron chi connectivity index (χ4n) is 4.56. The number of nitrogens with zero attached hydrogens (tertiary/aromatic N) is 1. The topological polar surface area (TPSA) is 80.0 Å². The van der Waals surface area contributed by atoms with E-state index in [0.29, 0.717) is 11.3 Å². The lowest BCUT2D eigenvalue weighted by molar-refractivity contribution is 0.471. The molecule has 0 spiro atoms. The Kier molecular flexibility index (Phi) is 2.98. The Morgan fingerprint density at radius 3 is 2.85 bits per heavy atom. The van der Waals surface area contributed by atoms with Gasteiger partial charge in [0.15, 0.2) is 0 Å². The van der Waals surface area contributed by atoms with E-state index in [2.05, 4.69) is 45.3 Å². The van der Waals surface area contributed by atoms with Gasteiger partial charge in [0.05, 0.1) is 11.4 Å². The van der Waals surface area contributed by atoms with Gasteiger partial charge in [-0.1, -0.05) is 6.08 Å². The maximum Gasteiger partial charge on any atom is 0.141 e. The van der Waals surface area contributed by atoms with Crippen LogP contribution in [0.1, 0.15) is 41.5 Å². The number of rotatable bonds is 0. The summed E-state index contributed by atoms with van der Waals surface area (Å²) >= 11 is 0. The van der Waals surface area contributed by atoms with E-state index < -0.39 is 0 Å². The number of aliphatic imine (C=N–C) groups is 1. The molecular formula is C22H20N4O. The summed E-state index contributed by atoms with van der Waals surface area (Å²) in [5, 5.41) is 11.9. The average molecular weight is 356 g/mol. The lowest BCUT2D eigenvalue weighted by atomic mass is 10.0. The number of nitrogens with one attached hydrogen (secondary N) is 3. The Morgan fingerprint density at radius 2 is 1.89 bits per heavy atom. The third-order valence-electron chi connectivity index (χ3n) is 5.81. The lowest BCUT2D eigenvalue weighted by Gasteiger charge is -2.08. The second-order valence-electron chi connectivity index (χ2n) is 7.68. The van der Waals surface area contributed by atoms with Gasteiger partial charge in [0, 0.05) is 52.2 Å². The molecule has 27 heavy (non-hydrogen) atoms. The molecule has 2 aliphatic heterocycles. The molecule has 1 saturated carbocycles. The molecule has 5 heterocycles. The van der Waals surface area contributed by atoms with Gasteiger partial charge in [0.2, 0.25) is 0 Å². The number of H-pyrrole nitrogens is 3. The van der Waals surface area contributed by atoms with Crippen LogP contribution in [0, 0.1) is 0 Å². The fraction of sp³-hybridized carbons (Fsp3) is 0.227. The summed E-state index contributed by atoms with van der Waals surface area (Å²) in [5.41, 5.74) is 7.17. The van der Waals surface area contributed by atoms with Gasteiger partial charge in [0.25, 0.3) is 0 Å². The number of allylic oxidation sites excluding steroid dienone is 1. The highest BCUT2D eigenvalue weighted by atomic mass is 16.3. The van der Waals surface area contributed by atoms with Crippen molar-refractivity contribution in [1.29, 1.82) is 0 Å². The number of aromatic amines is 3. The van der Waals surface area contributed by atoms with E-state index in [-0.39, 0.29) is 11.8 Å². The van der Waals surface area contributed by atoms with Crippen molar-refractivity contribution in [3.05, 3.63) is 75.5 Å². The zero-order valence-electron chi connectivity index (χ0n) is 14.8. The third-order valence-corrected chi connectivity index (χ3v) is 5.81. The minimum Gasteiger partial charge on any atom is -0.506 e. The van der Waals surface area contributed by atoms with Crippen molar-refractivity contribution >= 4 is 17.9 Å².